The van der Waals surface area contributed by atoms with Gasteiger partial charge in [-0.05, 0) is 64.1 Å². The van der Waals surface area contributed by atoms with Crippen LogP contribution in [-0.2, 0) is 13.6 Å². The number of aromatic nitrogens is 2. The molecule has 0 aliphatic rings. The number of nitrogens with one attached hydrogen (secondary N) is 2. The van der Waals surface area contributed by atoms with Gasteiger partial charge in [-0.25, -0.2) is 9.38 Å². The molecule has 30 heavy (non-hydrogen) atoms. The molecule has 0 aliphatic heterocycles. The number of benzene rings is 2. The second kappa shape index (κ2) is 8.90. The number of hydrogen-bond donors (Lipinski definition) is 2. The van der Waals surface area contributed by atoms with Crippen molar-refractivity contribution in [2.45, 2.75) is 34.2 Å². The number of nitrogens with zero attached hydrogens (tertiary/aromatic N) is 3. The van der Waals surface area contributed by atoms with Gasteiger partial charge in [0.15, 0.2) is 0 Å². The normalized spacial score (nSPS) is 11.5. The molecule has 1 aromatic heterocycles. The predicted octanol–water partition coefficient (Wildman–Crippen LogP) is 4.19. The fourth-order valence-electron chi connectivity index (χ4n) is 3.27. The van der Waals surface area contributed by atoms with Crippen molar-refractivity contribution in [2.75, 3.05) is 5.32 Å². The van der Waals surface area contributed by atoms with Crippen LogP contribution in [0.1, 0.15) is 38.4 Å². The Bertz CT molecular complexity index is 1080. The Balaban J connectivity index is 1.87. The maximum atomic E-state index is 13.3. The molecule has 3 rings (SSSR count). The lowest BCUT2D eigenvalue weighted by Crippen LogP contribution is -2.36. The number of hydrogen-bond acceptors (Lipinski definition) is 3. The summed E-state index contributed by atoms with van der Waals surface area (Å²) in [5.41, 5.74) is 6.08. The van der Waals surface area contributed by atoms with Crippen LogP contribution in [0.15, 0.2) is 47.5 Å². The van der Waals surface area contributed by atoms with Gasteiger partial charge in [-0.2, -0.15) is 5.10 Å². The third-order valence-electron chi connectivity index (χ3n) is 4.88. The molecule has 156 valence electrons. The molecular weight excluding hydrogens is 381 g/mol. The highest BCUT2D eigenvalue weighted by atomic mass is 19.1. The Morgan fingerprint density at radius 2 is 1.70 bits per heavy atom. The monoisotopic (exact) mass is 407 g/mol. The number of aliphatic imine (C=N–C) groups is 1. The first-order valence-corrected chi connectivity index (χ1v) is 9.68. The second-order valence-electron chi connectivity index (χ2n) is 7.40. The van der Waals surface area contributed by atoms with E-state index in [0.29, 0.717) is 17.8 Å². The SMILES string of the molecule is Cc1cc(C)cc(C(=O)NC(=NCc2c(C)nn(C)c2C)Nc2ccc(F)cc2)c1. The standard InChI is InChI=1S/C23H26FN5O/c1-14-10-15(2)12-18(11-14)22(30)27-23(26-20-8-6-19(24)7-9-20)25-13-21-16(3)28-29(5)17(21)4/h6-12H,13H2,1-5H3,(H2,25,26,27,30). The van der Waals surface area contributed by atoms with Gasteiger partial charge in [0.2, 0.25) is 5.96 Å². The van der Waals surface area contributed by atoms with Crippen LogP contribution in [0.3, 0.4) is 0 Å². The molecule has 0 bridgehead atoms. The number of halogens is 1. The zero-order valence-corrected chi connectivity index (χ0v) is 17.9. The summed E-state index contributed by atoms with van der Waals surface area (Å²) in [6.45, 7) is 8.15. The Hall–Kier alpha value is -3.48. The molecule has 2 N–H and O–H groups in total. The van der Waals surface area contributed by atoms with Crippen molar-refractivity contribution >= 4 is 17.6 Å². The van der Waals surface area contributed by atoms with Crippen LogP contribution in [0.4, 0.5) is 10.1 Å². The summed E-state index contributed by atoms with van der Waals surface area (Å²) in [7, 11) is 1.88. The maximum Gasteiger partial charge on any atom is 0.257 e. The lowest BCUT2D eigenvalue weighted by atomic mass is 10.1. The van der Waals surface area contributed by atoms with E-state index in [1.165, 1.54) is 12.1 Å². The summed E-state index contributed by atoms with van der Waals surface area (Å²) in [6, 6.07) is 11.5. The predicted molar refractivity (Wildman–Crippen MR) is 117 cm³/mol. The molecule has 2 aromatic carbocycles. The molecule has 1 amide bonds. The summed E-state index contributed by atoms with van der Waals surface area (Å²) in [4.78, 5) is 17.4. The number of rotatable bonds is 4. The van der Waals surface area contributed by atoms with Crippen molar-refractivity contribution in [2.24, 2.45) is 12.0 Å². The Morgan fingerprint density at radius 1 is 1.07 bits per heavy atom. The van der Waals surface area contributed by atoms with Crippen molar-refractivity contribution in [1.82, 2.24) is 15.1 Å². The summed E-state index contributed by atoms with van der Waals surface area (Å²) in [6.07, 6.45) is 0. The third-order valence-corrected chi connectivity index (χ3v) is 4.88. The molecule has 7 heteroatoms. The molecule has 0 fully saturated rings. The number of aryl methyl sites for hydroxylation is 4. The molecule has 1 heterocycles. The molecule has 0 saturated carbocycles. The minimum absolute atomic E-state index is 0.269. The summed E-state index contributed by atoms with van der Waals surface area (Å²) < 4.78 is 15.1. The first-order valence-electron chi connectivity index (χ1n) is 9.68. The highest BCUT2D eigenvalue weighted by molar-refractivity contribution is 6.10. The first-order chi connectivity index (χ1) is 14.2. The Kier molecular flexibility index (Phi) is 6.30. The zero-order chi connectivity index (χ0) is 21.8. The number of amides is 1. The first kappa shape index (κ1) is 21.2. The summed E-state index contributed by atoms with van der Waals surface area (Å²) in [5.74, 6) is -0.317. The fourth-order valence-corrected chi connectivity index (χ4v) is 3.27. The van der Waals surface area contributed by atoms with E-state index < -0.39 is 0 Å². The average Bonchev–Trinajstić information content (AvgIpc) is 2.92. The van der Waals surface area contributed by atoms with E-state index in [1.54, 1.807) is 16.8 Å². The Labute approximate surface area is 175 Å². The molecule has 6 nitrogen and oxygen atoms in total. The molecular formula is C23H26FN5O. The third kappa shape index (κ3) is 5.11. The molecule has 0 radical (unpaired) electrons. The Morgan fingerprint density at radius 3 is 2.27 bits per heavy atom. The van der Waals surface area contributed by atoms with Crippen molar-refractivity contribution < 1.29 is 9.18 Å². The van der Waals surface area contributed by atoms with Crippen LogP contribution in [0.2, 0.25) is 0 Å². The topological polar surface area (TPSA) is 71.3 Å². The van der Waals surface area contributed by atoms with E-state index in [1.807, 2.05) is 52.9 Å². The van der Waals surface area contributed by atoms with Crippen LogP contribution in [0, 0.1) is 33.5 Å². The van der Waals surface area contributed by atoms with Gasteiger partial charge in [0.1, 0.15) is 5.82 Å². The van der Waals surface area contributed by atoms with Crippen LogP contribution >= 0.6 is 0 Å². The van der Waals surface area contributed by atoms with Crippen LogP contribution in [0.5, 0.6) is 0 Å². The number of carbonyl (C=O) groups is 1. The van der Waals surface area contributed by atoms with Gasteiger partial charge in [-0.15, -0.1) is 0 Å². The second-order valence-corrected chi connectivity index (χ2v) is 7.40. The van der Waals surface area contributed by atoms with E-state index in [0.717, 1.165) is 28.1 Å². The fraction of sp³-hybridized carbons (Fsp3) is 0.261. The van der Waals surface area contributed by atoms with Gasteiger partial charge < -0.3 is 5.32 Å². The minimum Gasteiger partial charge on any atom is -0.326 e. The highest BCUT2D eigenvalue weighted by Gasteiger charge is 2.13. The van der Waals surface area contributed by atoms with E-state index in [4.69, 9.17) is 0 Å². The van der Waals surface area contributed by atoms with Crippen molar-refractivity contribution in [3.8, 4) is 0 Å². The number of anilines is 1. The molecule has 0 aliphatic carbocycles. The molecule has 0 unspecified atom stereocenters. The van der Waals surface area contributed by atoms with Gasteiger partial charge in [0, 0.05) is 29.6 Å². The van der Waals surface area contributed by atoms with Crippen LogP contribution in [0.25, 0.3) is 0 Å². The average molecular weight is 407 g/mol. The van der Waals surface area contributed by atoms with Crippen LogP contribution < -0.4 is 10.6 Å². The van der Waals surface area contributed by atoms with Gasteiger partial charge in [0.05, 0.1) is 12.2 Å². The molecule has 0 spiro atoms. The number of guanidine groups is 1. The minimum atomic E-state index is -0.333. The quantitative estimate of drug-likeness (QED) is 0.503. The van der Waals surface area contributed by atoms with Gasteiger partial charge in [-0.3, -0.25) is 14.8 Å². The lowest BCUT2D eigenvalue weighted by Gasteiger charge is -2.13. The van der Waals surface area contributed by atoms with Crippen molar-refractivity contribution in [3.63, 3.8) is 0 Å². The largest absolute Gasteiger partial charge is 0.326 e. The van der Waals surface area contributed by atoms with E-state index in [9.17, 15) is 9.18 Å². The van der Waals surface area contributed by atoms with Gasteiger partial charge in [0.25, 0.3) is 5.91 Å². The van der Waals surface area contributed by atoms with Gasteiger partial charge >= 0.3 is 0 Å². The lowest BCUT2D eigenvalue weighted by molar-refractivity contribution is 0.0976. The summed E-state index contributed by atoms with van der Waals surface area (Å²) in [5, 5.41) is 10.3. The van der Waals surface area contributed by atoms with E-state index >= 15 is 0 Å². The van der Waals surface area contributed by atoms with E-state index in [2.05, 4.69) is 20.7 Å². The molecule has 3 aromatic rings. The van der Waals surface area contributed by atoms with Gasteiger partial charge in [-0.1, -0.05) is 17.2 Å². The molecule has 0 saturated heterocycles. The van der Waals surface area contributed by atoms with Crippen molar-refractivity contribution in [1.29, 1.82) is 0 Å². The van der Waals surface area contributed by atoms with Crippen molar-refractivity contribution in [3.05, 3.63) is 81.9 Å². The summed E-state index contributed by atoms with van der Waals surface area (Å²) >= 11 is 0. The zero-order valence-electron chi connectivity index (χ0n) is 17.9. The molecule has 0 atom stereocenters. The highest BCUT2D eigenvalue weighted by Crippen LogP contribution is 2.14. The maximum absolute atomic E-state index is 13.3. The number of carbonyl (C=O) groups excluding carboxylic acids is 1. The van der Waals surface area contributed by atoms with E-state index in [-0.39, 0.29) is 17.7 Å². The smallest absolute Gasteiger partial charge is 0.257 e. The van der Waals surface area contributed by atoms with Crippen LogP contribution in [-0.4, -0.2) is 21.6 Å².